The van der Waals surface area contributed by atoms with Gasteiger partial charge in [0.25, 0.3) is 0 Å². The highest BCUT2D eigenvalue weighted by Crippen LogP contribution is 2.28. The van der Waals surface area contributed by atoms with Gasteiger partial charge in [-0.15, -0.1) is 12.4 Å². The van der Waals surface area contributed by atoms with Gasteiger partial charge in [-0.25, -0.2) is 9.97 Å². The molecule has 0 atom stereocenters. The molecule has 1 aliphatic carbocycles. The largest absolute Gasteiger partial charge is 0.309 e. The van der Waals surface area contributed by atoms with Crippen LogP contribution in [-0.4, -0.2) is 35.5 Å². The molecule has 0 saturated heterocycles. The third-order valence-corrected chi connectivity index (χ3v) is 5.58. The molecule has 0 unspecified atom stereocenters. The number of aromatic nitrogens is 2. The van der Waals surface area contributed by atoms with Crippen molar-refractivity contribution >= 4 is 24.0 Å². The minimum atomic E-state index is 0. The molecule has 1 aromatic heterocycles. The summed E-state index contributed by atoms with van der Waals surface area (Å²) in [5.74, 6) is 0.792. The number of likely N-dealkylation sites (N-methyl/N-ethyl adjacent to an activating group) is 1. The maximum atomic E-state index is 6.18. The van der Waals surface area contributed by atoms with E-state index < -0.39 is 0 Å². The molecule has 0 radical (unpaired) electrons. The topological polar surface area (TPSA) is 29.0 Å². The van der Waals surface area contributed by atoms with Crippen molar-refractivity contribution in [2.24, 2.45) is 0 Å². The lowest BCUT2D eigenvalue weighted by Gasteiger charge is -2.12. The summed E-state index contributed by atoms with van der Waals surface area (Å²) in [4.78, 5) is 12.0. The molecule has 2 aromatic carbocycles. The van der Waals surface area contributed by atoms with Gasteiger partial charge in [0.2, 0.25) is 0 Å². The fraction of sp³-hybridized carbons (Fsp3) is 0.333. The van der Waals surface area contributed by atoms with Crippen LogP contribution >= 0.6 is 24.0 Å². The number of hydrogen-bond donors (Lipinski definition) is 0. The Morgan fingerprint density at radius 3 is 2.45 bits per heavy atom. The van der Waals surface area contributed by atoms with E-state index in [4.69, 9.17) is 21.6 Å². The molecule has 0 N–H and O–H groups in total. The molecule has 29 heavy (non-hydrogen) atoms. The number of aryl methyl sites for hydroxylation is 1. The minimum absolute atomic E-state index is 0. The first-order valence-corrected chi connectivity index (χ1v) is 10.3. The van der Waals surface area contributed by atoms with E-state index in [2.05, 4.69) is 43.3 Å². The molecular weight excluding hydrogens is 401 g/mol. The molecule has 0 saturated carbocycles. The van der Waals surface area contributed by atoms with Crippen LogP contribution in [0.4, 0.5) is 0 Å². The summed E-state index contributed by atoms with van der Waals surface area (Å²) in [5.41, 5.74) is 7.40. The standard InChI is InChI=1S/C24H26ClN3.ClH/c1-28(2)14-13-17-9-11-18(12-10-17)15-23-21-7-4-8-22(21)26-24(27-23)19-5-3-6-20(25)16-19;/h3,5-6,9-12,16H,4,7-8,13-15H2,1-2H3;1H. The normalized spacial score (nSPS) is 12.7. The van der Waals surface area contributed by atoms with Crippen LogP contribution in [0.25, 0.3) is 11.4 Å². The zero-order chi connectivity index (χ0) is 19.5. The Morgan fingerprint density at radius 2 is 1.72 bits per heavy atom. The number of hydrogen-bond acceptors (Lipinski definition) is 3. The second-order valence-corrected chi connectivity index (χ2v) is 8.27. The first-order valence-electron chi connectivity index (χ1n) is 9.95. The second kappa shape index (κ2) is 9.71. The summed E-state index contributed by atoms with van der Waals surface area (Å²) >= 11 is 6.18. The van der Waals surface area contributed by atoms with E-state index in [-0.39, 0.29) is 12.4 Å². The Morgan fingerprint density at radius 1 is 0.966 bits per heavy atom. The van der Waals surface area contributed by atoms with Crippen molar-refractivity contribution in [1.29, 1.82) is 0 Å². The highest BCUT2D eigenvalue weighted by atomic mass is 35.5. The quantitative estimate of drug-likeness (QED) is 0.526. The van der Waals surface area contributed by atoms with Gasteiger partial charge in [-0.3, -0.25) is 0 Å². The van der Waals surface area contributed by atoms with E-state index in [1.807, 2.05) is 24.3 Å². The molecule has 152 valence electrons. The van der Waals surface area contributed by atoms with Crippen LogP contribution in [0.1, 0.15) is 34.5 Å². The summed E-state index contributed by atoms with van der Waals surface area (Å²) in [5, 5.41) is 0.719. The van der Waals surface area contributed by atoms with Crippen molar-refractivity contribution in [3.8, 4) is 11.4 Å². The van der Waals surface area contributed by atoms with Gasteiger partial charge in [-0.05, 0) is 68.6 Å². The van der Waals surface area contributed by atoms with Gasteiger partial charge in [0, 0.05) is 29.2 Å². The molecule has 0 spiro atoms. The molecule has 1 heterocycles. The Labute approximate surface area is 184 Å². The van der Waals surface area contributed by atoms with E-state index in [9.17, 15) is 0 Å². The van der Waals surface area contributed by atoms with Gasteiger partial charge in [0.15, 0.2) is 5.82 Å². The van der Waals surface area contributed by atoms with Crippen molar-refractivity contribution in [3.05, 3.63) is 81.6 Å². The predicted molar refractivity (Wildman–Crippen MR) is 123 cm³/mol. The SMILES string of the molecule is CN(C)CCc1ccc(Cc2nc(-c3cccc(Cl)c3)nc3c2CCC3)cc1.Cl. The molecule has 0 aliphatic heterocycles. The summed E-state index contributed by atoms with van der Waals surface area (Å²) in [6, 6.07) is 16.8. The number of halogens is 2. The summed E-state index contributed by atoms with van der Waals surface area (Å²) in [6.07, 6.45) is 5.23. The number of nitrogens with zero attached hydrogens (tertiary/aromatic N) is 3. The molecule has 4 rings (SSSR count). The van der Waals surface area contributed by atoms with E-state index in [0.717, 1.165) is 48.6 Å². The number of benzene rings is 2. The maximum Gasteiger partial charge on any atom is 0.159 e. The summed E-state index contributed by atoms with van der Waals surface area (Å²) in [6.45, 7) is 1.07. The molecule has 3 nitrogen and oxygen atoms in total. The predicted octanol–water partition coefficient (Wildman–Crippen LogP) is 5.40. The van der Waals surface area contributed by atoms with Crippen molar-refractivity contribution < 1.29 is 0 Å². The van der Waals surface area contributed by atoms with E-state index in [1.54, 1.807) is 0 Å². The van der Waals surface area contributed by atoms with Gasteiger partial charge in [0.05, 0.1) is 5.69 Å². The maximum absolute atomic E-state index is 6.18. The van der Waals surface area contributed by atoms with Crippen LogP contribution in [0.3, 0.4) is 0 Å². The highest BCUT2D eigenvalue weighted by molar-refractivity contribution is 6.30. The lowest BCUT2D eigenvalue weighted by molar-refractivity contribution is 0.413. The van der Waals surface area contributed by atoms with Gasteiger partial charge in [-0.2, -0.15) is 0 Å². The van der Waals surface area contributed by atoms with Gasteiger partial charge < -0.3 is 4.90 Å². The molecule has 5 heteroatoms. The number of rotatable bonds is 6. The average molecular weight is 428 g/mol. The van der Waals surface area contributed by atoms with Gasteiger partial charge in [-0.1, -0.05) is 48.0 Å². The molecule has 0 bridgehead atoms. The Balaban J connectivity index is 0.00000240. The molecular formula is C24H27Cl2N3. The molecule has 0 fully saturated rings. The zero-order valence-corrected chi connectivity index (χ0v) is 18.6. The minimum Gasteiger partial charge on any atom is -0.309 e. The van der Waals surface area contributed by atoms with Crippen LogP contribution in [0, 0.1) is 0 Å². The smallest absolute Gasteiger partial charge is 0.159 e. The van der Waals surface area contributed by atoms with Crippen LogP contribution < -0.4 is 0 Å². The van der Waals surface area contributed by atoms with Crippen LogP contribution in [-0.2, 0) is 25.7 Å². The third kappa shape index (κ3) is 5.36. The van der Waals surface area contributed by atoms with E-state index in [0.29, 0.717) is 0 Å². The zero-order valence-electron chi connectivity index (χ0n) is 17.0. The summed E-state index contributed by atoms with van der Waals surface area (Å²) in [7, 11) is 4.23. The van der Waals surface area contributed by atoms with Crippen molar-refractivity contribution in [2.75, 3.05) is 20.6 Å². The lowest BCUT2D eigenvalue weighted by atomic mass is 10.0. The van der Waals surface area contributed by atoms with Crippen molar-refractivity contribution in [2.45, 2.75) is 32.1 Å². The van der Waals surface area contributed by atoms with E-state index in [1.165, 1.54) is 34.5 Å². The monoisotopic (exact) mass is 427 g/mol. The molecule has 1 aliphatic rings. The van der Waals surface area contributed by atoms with Gasteiger partial charge >= 0.3 is 0 Å². The van der Waals surface area contributed by atoms with Crippen molar-refractivity contribution in [3.63, 3.8) is 0 Å². The molecule has 0 amide bonds. The third-order valence-electron chi connectivity index (χ3n) is 5.34. The van der Waals surface area contributed by atoms with Crippen molar-refractivity contribution in [1.82, 2.24) is 14.9 Å². The molecule has 3 aromatic rings. The average Bonchev–Trinajstić information content (AvgIpc) is 3.16. The number of fused-ring (bicyclic) bond motifs is 1. The highest BCUT2D eigenvalue weighted by Gasteiger charge is 2.20. The Kier molecular flexibility index (Phi) is 7.28. The first kappa shape index (κ1) is 21.8. The van der Waals surface area contributed by atoms with Crippen LogP contribution in [0.15, 0.2) is 48.5 Å². The second-order valence-electron chi connectivity index (χ2n) is 7.83. The van der Waals surface area contributed by atoms with E-state index >= 15 is 0 Å². The lowest BCUT2D eigenvalue weighted by Crippen LogP contribution is -2.15. The fourth-order valence-electron chi connectivity index (χ4n) is 3.78. The van der Waals surface area contributed by atoms with Crippen LogP contribution in [0.2, 0.25) is 5.02 Å². The summed E-state index contributed by atoms with van der Waals surface area (Å²) < 4.78 is 0. The van der Waals surface area contributed by atoms with Gasteiger partial charge in [0.1, 0.15) is 0 Å². The Hall–Kier alpha value is -1.94. The first-order chi connectivity index (χ1) is 13.6. The van der Waals surface area contributed by atoms with Crippen LogP contribution in [0.5, 0.6) is 0 Å². The fourth-order valence-corrected chi connectivity index (χ4v) is 3.97. The Bertz CT molecular complexity index is 968.